The van der Waals surface area contributed by atoms with Crippen LogP contribution in [0.1, 0.15) is 31.1 Å². The van der Waals surface area contributed by atoms with E-state index in [0.717, 1.165) is 0 Å². The Balaban J connectivity index is 2.10. The van der Waals surface area contributed by atoms with Crippen molar-refractivity contribution >= 4 is 28.1 Å². The third-order valence-corrected chi connectivity index (χ3v) is 3.35. The minimum atomic E-state index is -0.398. The number of thiazole rings is 1. The van der Waals surface area contributed by atoms with Crippen LogP contribution in [-0.4, -0.2) is 21.6 Å². The summed E-state index contributed by atoms with van der Waals surface area (Å²) < 4.78 is 0. The summed E-state index contributed by atoms with van der Waals surface area (Å²) in [6, 6.07) is 6.77. The van der Waals surface area contributed by atoms with Gasteiger partial charge in [0.05, 0.1) is 11.2 Å². The van der Waals surface area contributed by atoms with Crippen molar-refractivity contribution in [1.29, 1.82) is 0 Å². The highest BCUT2D eigenvalue weighted by Gasteiger charge is 2.20. The minimum absolute atomic E-state index is 0.216. The Bertz CT molecular complexity index is 573. The van der Waals surface area contributed by atoms with Crippen LogP contribution in [0.4, 0.5) is 10.8 Å². The van der Waals surface area contributed by atoms with Gasteiger partial charge in [-0.1, -0.05) is 0 Å². The molecule has 0 aliphatic heterocycles. The van der Waals surface area contributed by atoms with Crippen LogP contribution in [0, 0.1) is 0 Å². The molecule has 0 aliphatic rings. The Morgan fingerprint density at radius 1 is 1.30 bits per heavy atom. The molecule has 1 heterocycles. The molecule has 0 saturated heterocycles. The highest BCUT2D eigenvalue weighted by molar-refractivity contribution is 7.13. The van der Waals surface area contributed by atoms with Crippen LogP contribution < -0.4 is 10.4 Å². The Morgan fingerprint density at radius 2 is 1.95 bits per heavy atom. The maximum absolute atomic E-state index is 12.0. The molecule has 5 nitrogen and oxygen atoms in total. The third-order valence-electron chi connectivity index (χ3n) is 2.66. The maximum atomic E-state index is 12.0. The van der Waals surface area contributed by atoms with Gasteiger partial charge in [-0.05, 0) is 45.0 Å². The van der Waals surface area contributed by atoms with E-state index in [1.807, 2.05) is 20.8 Å². The summed E-state index contributed by atoms with van der Waals surface area (Å²) in [4.78, 5) is 16.0. The molecule has 0 fully saturated rings. The van der Waals surface area contributed by atoms with Crippen molar-refractivity contribution in [2.24, 2.45) is 0 Å². The second-order valence-electron chi connectivity index (χ2n) is 5.32. The molecule has 0 atom stereocenters. The lowest BCUT2D eigenvalue weighted by Crippen LogP contribution is -2.38. The summed E-state index contributed by atoms with van der Waals surface area (Å²) >= 11 is 1.37. The number of rotatable bonds is 3. The molecule has 20 heavy (non-hydrogen) atoms. The van der Waals surface area contributed by atoms with Crippen LogP contribution in [0.3, 0.4) is 0 Å². The van der Waals surface area contributed by atoms with Crippen molar-refractivity contribution in [2.75, 3.05) is 10.4 Å². The summed E-state index contributed by atoms with van der Waals surface area (Å²) in [5.74, 6) is -0.216. The monoisotopic (exact) mass is 291 g/mol. The fourth-order valence-electron chi connectivity index (χ4n) is 1.60. The second kappa shape index (κ2) is 5.60. The molecule has 106 valence electrons. The molecule has 2 aromatic rings. The van der Waals surface area contributed by atoms with Crippen molar-refractivity contribution in [3.05, 3.63) is 41.4 Å². The van der Waals surface area contributed by atoms with Gasteiger partial charge < -0.3 is 0 Å². The first-order valence-electron chi connectivity index (χ1n) is 6.18. The summed E-state index contributed by atoms with van der Waals surface area (Å²) in [5, 5.41) is 16.3. The Hall–Kier alpha value is -1.92. The lowest BCUT2D eigenvalue weighted by molar-refractivity contribution is 0.102. The van der Waals surface area contributed by atoms with E-state index in [2.05, 4.69) is 10.3 Å². The van der Waals surface area contributed by atoms with Gasteiger partial charge >= 0.3 is 0 Å². The third kappa shape index (κ3) is 3.34. The van der Waals surface area contributed by atoms with E-state index >= 15 is 0 Å². The molecule has 1 amide bonds. The highest BCUT2D eigenvalue weighted by atomic mass is 32.1. The molecule has 1 aromatic carbocycles. The van der Waals surface area contributed by atoms with Crippen LogP contribution in [0.15, 0.2) is 35.8 Å². The van der Waals surface area contributed by atoms with Gasteiger partial charge in [0.2, 0.25) is 0 Å². The van der Waals surface area contributed by atoms with E-state index in [0.29, 0.717) is 16.4 Å². The number of aromatic nitrogens is 1. The van der Waals surface area contributed by atoms with E-state index in [1.54, 1.807) is 35.8 Å². The number of hydrogen-bond acceptors (Lipinski definition) is 5. The summed E-state index contributed by atoms with van der Waals surface area (Å²) in [5.41, 5.74) is 0.763. The van der Waals surface area contributed by atoms with Crippen LogP contribution in [0.25, 0.3) is 0 Å². The predicted molar refractivity (Wildman–Crippen MR) is 80.5 cm³/mol. The fraction of sp³-hybridized carbons (Fsp3) is 0.286. The van der Waals surface area contributed by atoms with E-state index in [-0.39, 0.29) is 5.91 Å². The fourth-order valence-corrected chi connectivity index (χ4v) is 2.12. The summed E-state index contributed by atoms with van der Waals surface area (Å²) in [7, 11) is 0. The molecule has 0 bridgehead atoms. The van der Waals surface area contributed by atoms with E-state index < -0.39 is 5.54 Å². The number of nitrogens with one attached hydrogen (secondary N) is 1. The average molecular weight is 291 g/mol. The number of nitrogens with zero attached hydrogens (tertiary/aromatic N) is 2. The van der Waals surface area contributed by atoms with Gasteiger partial charge in [0.15, 0.2) is 5.13 Å². The molecular weight excluding hydrogens is 274 g/mol. The number of carbonyl (C=O) groups is 1. The Morgan fingerprint density at radius 3 is 2.45 bits per heavy atom. The first-order chi connectivity index (χ1) is 9.38. The van der Waals surface area contributed by atoms with Crippen molar-refractivity contribution < 1.29 is 10.0 Å². The van der Waals surface area contributed by atoms with Crippen molar-refractivity contribution in [1.82, 2.24) is 4.98 Å². The number of hydroxylamine groups is 1. The van der Waals surface area contributed by atoms with Gasteiger partial charge in [-0.3, -0.25) is 20.4 Å². The van der Waals surface area contributed by atoms with Gasteiger partial charge in [0.25, 0.3) is 5.91 Å². The zero-order chi connectivity index (χ0) is 14.8. The first-order valence-corrected chi connectivity index (χ1v) is 7.06. The maximum Gasteiger partial charge on any atom is 0.257 e. The molecule has 2 N–H and O–H groups in total. The molecule has 0 saturated carbocycles. The molecule has 1 aromatic heterocycles. The Kier molecular flexibility index (Phi) is 4.06. The SMILES string of the molecule is CC(C)(C)N(O)c1ccc(C(=O)Nc2nccs2)cc1. The van der Waals surface area contributed by atoms with E-state index in [4.69, 9.17) is 0 Å². The molecule has 0 radical (unpaired) electrons. The number of hydrogen-bond donors (Lipinski definition) is 2. The van der Waals surface area contributed by atoms with Gasteiger partial charge in [-0.2, -0.15) is 0 Å². The van der Waals surface area contributed by atoms with Gasteiger partial charge in [0, 0.05) is 17.1 Å². The molecule has 6 heteroatoms. The van der Waals surface area contributed by atoms with Crippen molar-refractivity contribution in [3.8, 4) is 0 Å². The standard InChI is InChI=1S/C14H17N3O2S/c1-14(2,3)17(19)11-6-4-10(5-7-11)12(18)16-13-15-8-9-20-13/h4-9,19H,1-3H3,(H,15,16,18). The molecule has 0 aliphatic carbocycles. The number of benzene rings is 1. The molecule has 2 rings (SSSR count). The normalized spacial score (nSPS) is 11.2. The van der Waals surface area contributed by atoms with Crippen LogP contribution in [0.2, 0.25) is 0 Å². The van der Waals surface area contributed by atoms with Crippen LogP contribution in [-0.2, 0) is 0 Å². The van der Waals surface area contributed by atoms with E-state index in [9.17, 15) is 10.0 Å². The lowest BCUT2D eigenvalue weighted by atomic mass is 10.1. The first kappa shape index (κ1) is 14.5. The molecular formula is C14H17N3O2S. The summed E-state index contributed by atoms with van der Waals surface area (Å²) in [6.45, 7) is 5.70. The zero-order valence-corrected chi connectivity index (χ0v) is 12.4. The van der Waals surface area contributed by atoms with Gasteiger partial charge in [-0.15, -0.1) is 11.3 Å². The number of anilines is 2. The second-order valence-corrected chi connectivity index (χ2v) is 6.22. The van der Waals surface area contributed by atoms with Gasteiger partial charge in [-0.25, -0.2) is 4.98 Å². The van der Waals surface area contributed by atoms with Crippen LogP contribution in [0.5, 0.6) is 0 Å². The summed E-state index contributed by atoms with van der Waals surface area (Å²) in [6.07, 6.45) is 1.64. The quantitative estimate of drug-likeness (QED) is 0.851. The van der Waals surface area contributed by atoms with Crippen LogP contribution >= 0.6 is 11.3 Å². The average Bonchev–Trinajstić information content (AvgIpc) is 2.90. The Labute approximate surface area is 121 Å². The number of amides is 1. The van der Waals surface area contributed by atoms with Crippen molar-refractivity contribution in [2.45, 2.75) is 26.3 Å². The van der Waals surface area contributed by atoms with Gasteiger partial charge in [0.1, 0.15) is 0 Å². The lowest BCUT2D eigenvalue weighted by Gasteiger charge is -2.31. The smallest absolute Gasteiger partial charge is 0.257 e. The zero-order valence-electron chi connectivity index (χ0n) is 11.6. The van der Waals surface area contributed by atoms with E-state index in [1.165, 1.54) is 16.4 Å². The minimum Gasteiger partial charge on any atom is -0.298 e. The molecule has 0 unspecified atom stereocenters. The molecule has 0 spiro atoms. The predicted octanol–water partition coefficient (Wildman–Crippen LogP) is 3.39. The largest absolute Gasteiger partial charge is 0.298 e. The van der Waals surface area contributed by atoms with Crippen molar-refractivity contribution in [3.63, 3.8) is 0 Å². The topological polar surface area (TPSA) is 65.5 Å². The highest BCUT2D eigenvalue weighted by Crippen LogP contribution is 2.22. The number of carbonyl (C=O) groups excluding carboxylic acids is 1.